The summed E-state index contributed by atoms with van der Waals surface area (Å²) in [4.78, 5) is 92.7. The number of hydrogen-bond donors (Lipinski definition) is 1. The topological polar surface area (TPSA) is 231 Å². The fourth-order valence-corrected chi connectivity index (χ4v) is 8.47. The van der Waals surface area contributed by atoms with E-state index in [-0.39, 0.29) is 73.3 Å². The Morgan fingerprint density at radius 1 is 0.570 bits per heavy atom. The number of rotatable bonds is 19. The summed E-state index contributed by atoms with van der Waals surface area (Å²) in [6, 6.07) is 27.5. The molecular weight excluding hydrogens is 1010 g/mol. The van der Waals surface area contributed by atoms with Crippen LogP contribution in [0.2, 0.25) is 0 Å². The predicted octanol–water partition coefficient (Wildman–Crippen LogP) is 7.97. The molecule has 0 fully saturated rings. The summed E-state index contributed by atoms with van der Waals surface area (Å²) in [5, 5.41) is 11.0. The van der Waals surface area contributed by atoms with E-state index in [1.54, 1.807) is 0 Å². The van der Waals surface area contributed by atoms with E-state index in [0.717, 1.165) is 62.8 Å². The quantitative estimate of drug-likeness (QED) is 0.0460. The van der Waals surface area contributed by atoms with Gasteiger partial charge in [-0.3, -0.25) is 37.4 Å². The van der Waals surface area contributed by atoms with Gasteiger partial charge in [-0.05, 0) is 72.8 Å². The number of aliphatic hydroxyl groups excluding tert-OH is 1. The van der Waals surface area contributed by atoms with Crippen LogP contribution in [0.4, 0.5) is 0 Å². The molecule has 79 heavy (non-hydrogen) atoms. The molecule has 0 aliphatic carbocycles. The average molecular weight is 1080 g/mol. The Labute approximate surface area is 458 Å². The Hall–Kier alpha value is -8.50. The van der Waals surface area contributed by atoms with Gasteiger partial charge in [-0.25, -0.2) is 29.5 Å². The maximum absolute atomic E-state index is 13.0. The van der Waals surface area contributed by atoms with Gasteiger partial charge in [0.05, 0.1) is 18.9 Å². The van der Waals surface area contributed by atoms with Crippen molar-refractivity contribution >= 4 is 55.8 Å². The molecular formula is C60H72N8O11. The highest BCUT2D eigenvalue weighted by atomic mass is 16.5. The molecule has 0 bridgehead atoms. The summed E-state index contributed by atoms with van der Waals surface area (Å²) in [6.45, 7) is 12.4. The van der Waals surface area contributed by atoms with Crippen LogP contribution in [0.1, 0.15) is 104 Å². The number of aliphatic hydroxyl groups is 1. The van der Waals surface area contributed by atoms with Crippen molar-refractivity contribution in [3.05, 3.63) is 149 Å². The van der Waals surface area contributed by atoms with Crippen LogP contribution in [0, 0.1) is 23.7 Å². The smallest absolute Gasteiger partial charge is 0.332 e. The van der Waals surface area contributed by atoms with Gasteiger partial charge in [0.25, 0.3) is 11.1 Å². The lowest BCUT2D eigenvalue weighted by atomic mass is 10.1. The van der Waals surface area contributed by atoms with Crippen molar-refractivity contribution in [2.24, 2.45) is 25.9 Å². The number of carbonyl (C=O) groups is 2. The van der Waals surface area contributed by atoms with Crippen molar-refractivity contribution in [2.45, 2.75) is 114 Å². The van der Waals surface area contributed by atoms with Crippen LogP contribution in [-0.4, -0.2) is 75.6 Å². The van der Waals surface area contributed by atoms with E-state index in [9.17, 15) is 28.8 Å². The summed E-state index contributed by atoms with van der Waals surface area (Å²) in [6.07, 6.45) is 3.92. The van der Waals surface area contributed by atoms with Crippen LogP contribution in [0.5, 0.6) is 11.5 Å². The van der Waals surface area contributed by atoms with Crippen LogP contribution < -0.4 is 32.0 Å². The van der Waals surface area contributed by atoms with Crippen LogP contribution in [-0.2, 0) is 65.9 Å². The summed E-state index contributed by atoms with van der Waals surface area (Å²) in [7, 11) is 3.90. The number of benzene rings is 4. The highest BCUT2D eigenvalue weighted by molar-refractivity contribution is 5.89. The fraction of sp³-hybridized carbons (Fsp3) is 0.400. The van der Waals surface area contributed by atoms with Crippen molar-refractivity contribution in [3.8, 4) is 23.3 Å². The molecule has 0 radical (unpaired) electrons. The highest BCUT2D eigenvalue weighted by Crippen LogP contribution is 2.28. The maximum Gasteiger partial charge on any atom is 0.332 e. The van der Waals surface area contributed by atoms with E-state index in [0.29, 0.717) is 67.5 Å². The molecule has 4 aromatic heterocycles. The lowest BCUT2D eigenvalue weighted by Gasteiger charge is -2.16. The second-order valence-corrected chi connectivity index (χ2v) is 19.2. The molecule has 0 aliphatic heterocycles. The fourth-order valence-electron chi connectivity index (χ4n) is 8.47. The summed E-state index contributed by atoms with van der Waals surface area (Å²) < 4.78 is 27.5. The predicted molar refractivity (Wildman–Crippen MR) is 306 cm³/mol. The Kier molecular flexibility index (Phi) is 22.8. The molecule has 8 aromatic rings. The van der Waals surface area contributed by atoms with Gasteiger partial charge in [0.1, 0.15) is 41.8 Å². The van der Waals surface area contributed by atoms with Crippen molar-refractivity contribution < 1.29 is 33.6 Å². The van der Waals surface area contributed by atoms with E-state index in [1.165, 1.54) is 37.1 Å². The molecule has 0 saturated carbocycles. The first-order valence-corrected chi connectivity index (χ1v) is 25.9. The van der Waals surface area contributed by atoms with E-state index >= 15 is 0 Å². The lowest BCUT2D eigenvalue weighted by molar-refractivity contribution is -0.142. The second-order valence-electron chi connectivity index (χ2n) is 19.2. The molecule has 4 heterocycles. The van der Waals surface area contributed by atoms with Crippen LogP contribution in [0.15, 0.2) is 104 Å². The molecule has 0 amide bonds. The minimum absolute atomic E-state index is 0. The number of unbranched alkanes of at least 4 members (excludes halogenated alkanes) is 3. The molecule has 0 spiro atoms. The van der Waals surface area contributed by atoms with E-state index in [4.69, 9.17) is 39.0 Å². The molecule has 4 aromatic carbocycles. The monoisotopic (exact) mass is 1080 g/mol. The van der Waals surface area contributed by atoms with E-state index in [2.05, 4.69) is 16.8 Å². The molecule has 0 atom stereocenters. The molecule has 0 aliphatic rings. The van der Waals surface area contributed by atoms with E-state index in [1.807, 2.05) is 113 Å². The summed E-state index contributed by atoms with van der Waals surface area (Å²) in [5.74, 6) is 7.11. The van der Waals surface area contributed by atoms with Crippen molar-refractivity contribution in [2.75, 3.05) is 20.3 Å². The Morgan fingerprint density at radius 2 is 1.03 bits per heavy atom. The Morgan fingerprint density at radius 3 is 1.53 bits per heavy atom. The molecule has 19 nitrogen and oxygen atoms in total. The zero-order valence-corrected chi connectivity index (χ0v) is 45.8. The molecule has 1 N–H and O–H groups in total. The first-order chi connectivity index (χ1) is 37.5. The van der Waals surface area contributed by atoms with Gasteiger partial charge < -0.3 is 24.1 Å². The zero-order chi connectivity index (χ0) is 56.5. The Bertz CT molecular complexity index is 3730. The minimum atomic E-state index is -0.531. The molecule has 0 saturated heterocycles. The SMILES string of the molecule is C.CC(=O)OCCCC#Cc1nc2c(=O)n(C)c(=O)n(CC(C)C)c2nc1COc1cccc2ccccc12.CC(=O)OCCCCCc1nc2c(=O)n(C)c(=O)n(CC(C)C)c2nc1COc1cccc2ccccc12.CO. The third-order valence-electron chi connectivity index (χ3n) is 12.2. The van der Waals surface area contributed by atoms with Crippen molar-refractivity contribution in [1.82, 2.24) is 38.2 Å². The van der Waals surface area contributed by atoms with E-state index < -0.39 is 22.5 Å². The van der Waals surface area contributed by atoms with Gasteiger partial charge in [0, 0.05) is 65.3 Å². The number of nitrogens with zero attached hydrogens (tertiary/aromatic N) is 8. The number of esters is 2. The Balaban J connectivity index is 0.000000278. The second kappa shape index (κ2) is 29.3. The number of hydrogen-bond acceptors (Lipinski definition) is 15. The van der Waals surface area contributed by atoms with Crippen LogP contribution in [0.25, 0.3) is 43.9 Å². The zero-order valence-electron chi connectivity index (χ0n) is 45.8. The van der Waals surface area contributed by atoms with Gasteiger partial charge in [0.15, 0.2) is 22.3 Å². The number of fused-ring (bicyclic) bond motifs is 4. The molecule has 0 unspecified atom stereocenters. The van der Waals surface area contributed by atoms with Gasteiger partial charge in [-0.2, -0.15) is 0 Å². The normalized spacial score (nSPS) is 10.8. The first-order valence-electron chi connectivity index (χ1n) is 25.9. The molecule has 8 rings (SSSR count). The summed E-state index contributed by atoms with van der Waals surface area (Å²) >= 11 is 0. The maximum atomic E-state index is 13.0. The number of aromatic nitrogens is 8. The standard InChI is InChI=1S/C29H34N4O5.C29H30N4O5.CH4O.CH4/c2*1-19(2)17-33-27-26(28(35)32(4)29(33)36)30-23(14-6-5-9-16-37-20(3)34)24(31-27)18-38-25-15-10-12-21-11-7-8-13-22(21)25;1-2;/h7-8,10-13,15,19H,5-6,9,14,16-18H2,1-4H3;7-8,10-13,15,19H,5,9,16-18H2,1-4H3;2H,1H3;1H4. The van der Waals surface area contributed by atoms with Crippen LogP contribution in [0.3, 0.4) is 0 Å². The summed E-state index contributed by atoms with van der Waals surface area (Å²) in [5.41, 5.74) is 0.869. The van der Waals surface area contributed by atoms with Crippen molar-refractivity contribution in [3.63, 3.8) is 0 Å². The molecule has 19 heteroatoms. The van der Waals surface area contributed by atoms with Gasteiger partial charge in [0.2, 0.25) is 0 Å². The lowest BCUT2D eigenvalue weighted by Crippen LogP contribution is -2.40. The highest BCUT2D eigenvalue weighted by Gasteiger charge is 2.21. The van der Waals surface area contributed by atoms with Crippen LogP contribution >= 0.6 is 0 Å². The first kappa shape index (κ1) is 61.4. The third-order valence-corrected chi connectivity index (χ3v) is 12.2. The molecule has 418 valence electrons. The minimum Gasteiger partial charge on any atom is -0.487 e. The third kappa shape index (κ3) is 15.8. The van der Waals surface area contributed by atoms with Gasteiger partial charge in [-0.15, -0.1) is 0 Å². The largest absolute Gasteiger partial charge is 0.487 e. The number of aryl methyl sites for hydroxylation is 1. The average Bonchev–Trinajstić information content (AvgIpc) is 3.57. The number of carbonyl (C=O) groups excluding carboxylic acids is 2. The number of ether oxygens (including phenoxy) is 4. The van der Waals surface area contributed by atoms with Gasteiger partial charge in [-0.1, -0.05) is 114 Å². The van der Waals surface area contributed by atoms with Gasteiger partial charge >= 0.3 is 23.3 Å². The van der Waals surface area contributed by atoms with Crippen molar-refractivity contribution in [1.29, 1.82) is 0 Å².